The van der Waals surface area contributed by atoms with Crippen LogP contribution >= 0.6 is 0 Å². The number of aromatic nitrogens is 2. The van der Waals surface area contributed by atoms with Crippen molar-refractivity contribution in [2.24, 2.45) is 0 Å². The minimum atomic E-state index is -0.173. The van der Waals surface area contributed by atoms with Crippen LogP contribution in [0.5, 0.6) is 0 Å². The molecule has 5 heteroatoms. The van der Waals surface area contributed by atoms with Crippen molar-refractivity contribution < 1.29 is 4.39 Å². The zero-order valence-corrected chi connectivity index (χ0v) is 13.8. The highest BCUT2D eigenvalue weighted by molar-refractivity contribution is 5.46. The minimum absolute atomic E-state index is 0.173. The fraction of sp³-hybridized carbons (Fsp3) is 0.500. The Bertz CT molecular complexity index is 608. The molecule has 0 amide bonds. The number of hydrogen-bond donors (Lipinski definition) is 0. The second kappa shape index (κ2) is 7.59. The number of rotatable bonds is 5. The van der Waals surface area contributed by atoms with Crippen LogP contribution in [-0.2, 0) is 13.1 Å². The summed E-state index contributed by atoms with van der Waals surface area (Å²) >= 11 is 0. The summed E-state index contributed by atoms with van der Waals surface area (Å²) in [5.41, 5.74) is 1.11. The number of halogens is 1. The van der Waals surface area contributed by atoms with Gasteiger partial charge in [0, 0.05) is 50.8 Å². The Morgan fingerprint density at radius 1 is 1.09 bits per heavy atom. The Balaban J connectivity index is 1.60. The Morgan fingerprint density at radius 2 is 1.91 bits per heavy atom. The van der Waals surface area contributed by atoms with E-state index in [0.717, 1.165) is 63.6 Å². The van der Waals surface area contributed by atoms with Crippen molar-refractivity contribution in [1.29, 1.82) is 0 Å². The van der Waals surface area contributed by atoms with Crippen LogP contribution < -0.4 is 4.90 Å². The Morgan fingerprint density at radius 3 is 2.70 bits per heavy atom. The van der Waals surface area contributed by atoms with E-state index in [1.165, 1.54) is 0 Å². The molecule has 1 saturated heterocycles. The third-order valence-corrected chi connectivity index (χ3v) is 4.41. The molecule has 124 valence electrons. The van der Waals surface area contributed by atoms with E-state index in [0.29, 0.717) is 0 Å². The Hall–Kier alpha value is -1.88. The van der Waals surface area contributed by atoms with E-state index in [1.807, 2.05) is 18.3 Å². The second-order valence-electron chi connectivity index (χ2n) is 6.13. The zero-order chi connectivity index (χ0) is 16.1. The average molecular weight is 316 g/mol. The fourth-order valence-corrected chi connectivity index (χ4v) is 3.18. The smallest absolute Gasteiger partial charge is 0.123 e. The van der Waals surface area contributed by atoms with Crippen LogP contribution in [0.4, 0.5) is 10.1 Å². The maximum Gasteiger partial charge on any atom is 0.123 e. The van der Waals surface area contributed by atoms with Crippen LogP contribution in [0, 0.1) is 5.82 Å². The van der Waals surface area contributed by atoms with Gasteiger partial charge in [0.2, 0.25) is 0 Å². The molecule has 0 bridgehead atoms. The van der Waals surface area contributed by atoms with Gasteiger partial charge < -0.3 is 9.47 Å². The van der Waals surface area contributed by atoms with Gasteiger partial charge in [-0.15, -0.1) is 0 Å². The summed E-state index contributed by atoms with van der Waals surface area (Å²) in [5.74, 6) is 0.982. The predicted octanol–water partition coefficient (Wildman–Crippen LogP) is 3.14. The second-order valence-corrected chi connectivity index (χ2v) is 6.13. The number of imidazole rings is 1. The van der Waals surface area contributed by atoms with Crippen LogP contribution in [0.25, 0.3) is 0 Å². The molecule has 0 unspecified atom stereocenters. The van der Waals surface area contributed by atoms with Crippen molar-refractivity contribution in [1.82, 2.24) is 14.5 Å². The van der Waals surface area contributed by atoms with Gasteiger partial charge >= 0.3 is 0 Å². The Labute approximate surface area is 137 Å². The van der Waals surface area contributed by atoms with Crippen molar-refractivity contribution in [2.45, 2.75) is 32.9 Å². The van der Waals surface area contributed by atoms with Crippen molar-refractivity contribution in [2.75, 3.05) is 31.1 Å². The van der Waals surface area contributed by atoms with E-state index in [-0.39, 0.29) is 5.82 Å². The van der Waals surface area contributed by atoms with Gasteiger partial charge in [-0.3, -0.25) is 4.90 Å². The molecule has 4 nitrogen and oxygen atoms in total. The average Bonchev–Trinajstić information content (AvgIpc) is 2.85. The van der Waals surface area contributed by atoms with Crippen molar-refractivity contribution in [3.63, 3.8) is 0 Å². The predicted molar refractivity (Wildman–Crippen MR) is 91.0 cm³/mol. The summed E-state index contributed by atoms with van der Waals surface area (Å²) < 4.78 is 15.3. The lowest BCUT2D eigenvalue weighted by atomic mass is 10.2. The first-order valence-corrected chi connectivity index (χ1v) is 8.49. The standard InChI is InChI=1S/C18H25FN4/c1-2-9-23-12-8-20-18(23)15-21-10-3-11-22(14-13-21)17-6-4-16(19)5-7-17/h4-8,12H,2-3,9-11,13-15H2,1H3. The van der Waals surface area contributed by atoms with E-state index in [2.05, 4.69) is 32.5 Å². The number of aryl methyl sites for hydroxylation is 1. The van der Waals surface area contributed by atoms with E-state index in [4.69, 9.17) is 0 Å². The molecule has 1 aliphatic rings. The molecule has 2 heterocycles. The van der Waals surface area contributed by atoms with Crippen LogP contribution in [0.15, 0.2) is 36.7 Å². The molecule has 0 N–H and O–H groups in total. The number of benzene rings is 1. The lowest BCUT2D eigenvalue weighted by Crippen LogP contribution is -2.31. The highest BCUT2D eigenvalue weighted by atomic mass is 19.1. The van der Waals surface area contributed by atoms with Gasteiger partial charge in [-0.1, -0.05) is 6.92 Å². The topological polar surface area (TPSA) is 24.3 Å². The summed E-state index contributed by atoms with van der Waals surface area (Å²) in [5, 5.41) is 0. The van der Waals surface area contributed by atoms with Gasteiger partial charge in [-0.05, 0) is 37.1 Å². The summed E-state index contributed by atoms with van der Waals surface area (Å²) in [6.45, 7) is 8.21. The number of anilines is 1. The molecule has 2 aromatic rings. The first-order chi connectivity index (χ1) is 11.3. The molecule has 0 spiro atoms. The van der Waals surface area contributed by atoms with Gasteiger partial charge in [-0.2, -0.15) is 0 Å². The number of hydrogen-bond acceptors (Lipinski definition) is 3. The third kappa shape index (κ3) is 4.10. The SMILES string of the molecule is CCCn1ccnc1CN1CCCN(c2ccc(F)cc2)CC1. The van der Waals surface area contributed by atoms with Crippen LogP contribution in [0.3, 0.4) is 0 Å². The first-order valence-electron chi connectivity index (χ1n) is 8.49. The van der Waals surface area contributed by atoms with Gasteiger partial charge in [0.25, 0.3) is 0 Å². The minimum Gasteiger partial charge on any atom is -0.370 e. The van der Waals surface area contributed by atoms with E-state index >= 15 is 0 Å². The monoisotopic (exact) mass is 316 g/mol. The fourth-order valence-electron chi connectivity index (χ4n) is 3.18. The first kappa shape index (κ1) is 16.0. The quantitative estimate of drug-likeness (QED) is 0.847. The van der Waals surface area contributed by atoms with Gasteiger partial charge in [-0.25, -0.2) is 9.37 Å². The molecule has 3 rings (SSSR count). The van der Waals surface area contributed by atoms with Crippen LogP contribution in [-0.4, -0.2) is 40.6 Å². The van der Waals surface area contributed by atoms with Crippen LogP contribution in [0.2, 0.25) is 0 Å². The molecule has 1 aromatic heterocycles. The van der Waals surface area contributed by atoms with E-state index < -0.39 is 0 Å². The summed E-state index contributed by atoms with van der Waals surface area (Å²) in [7, 11) is 0. The lowest BCUT2D eigenvalue weighted by molar-refractivity contribution is 0.273. The molecular formula is C18H25FN4. The normalized spacial score (nSPS) is 16.5. The summed E-state index contributed by atoms with van der Waals surface area (Å²) in [6.07, 6.45) is 6.21. The maximum absolute atomic E-state index is 13.1. The molecule has 1 aliphatic heterocycles. The van der Waals surface area contributed by atoms with E-state index in [9.17, 15) is 4.39 Å². The highest BCUT2D eigenvalue weighted by Crippen LogP contribution is 2.17. The third-order valence-electron chi connectivity index (χ3n) is 4.41. The molecule has 23 heavy (non-hydrogen) atoms. The van der Waals surface area contributed by atoms with Crippen molar-refractivity contribution in [3.05, 3.63) is 48.3 Å². The van der Waals surface area contributed by atoms with Gasteiger partial charge in [0.1, 0.15) is 11.6 Å². The molecule has 0 radical (unpaired) electrons. The largest absolute Gasteiger partial charge is 0.370 e. The summed E-state index contributed by atoms with van der Waals surface area (Å²) in [6, 6.07) is 6.83. The van der Waals surface area contributed by atoms with Gasteiger partial charge in [0.15, 0.2) is 0 Å². The molecule has 1 fully saturated rings. The maximum atomic E-state index is 13.1. The Kier molecular flexibility index (Phi) is 5.28. The zero-order valence-electron chi connectivity index (χ0n) is 13.8. The molecule has 0 saturated carbocycles. The molecule has 1 aromatic carbocycles. The number of nitrogens with zero attached hydrogens (tertiary/aromatic N) is 4. The van der Waals surface area contributed by atoms with Crippen LogP contribution in [0.1, 0.15) is 25.6 Å². The van der Waals surface area contributed by atoms with E-state index in [1.54, 1.807) is 12.1 Å². The summed E-state index contributed by atoms with van der Waals surface area (Å²) in [4.78, 5) is 9.33. The van der Waals surface area contributed by atoms with Crippen molar-refractivity contribution >= 4 is 5.69 Å². The molecule has 0 aliphatic carbocycles. The highest BCUT2D eigenvalue weighted by Gasteiger charge is 2.17. The lowest BCUT2D eigenvalue weighted by Gasteiger charge is -2.23. The molecule has 0 atom stereocenters. The van der Waals surface area contributed by atoms with Gasteiger partial charge in [0.05, 0.1) is 6.54 Å². The molecular weight excluding hydrogens is 291 g/mol. The van der Waals surface area contributed by atoms with Crippen molar-refractivity contribution in [3.8, 4) is 0 Å².